The first kappa shape index (κ1) is 18.6. The van der Waals surface area contributed by atoms with E-state index in [2.05, 4.69) is 15.2 Å². The van der Waals surface area contributed by atoms with Crippen LogP contribution in [0.25, 0.3) is 17.4 Å². The predicted octanol–water partition coefficient (Wildman–Crippen LogP) is 3.82. The number of nitrogens with one attached hydrogen (secondary N) is 1. The molecule has 26 heavy (non-hydrogen) atoms. The molecule has 0 bridgehead atoms. The van der Waals surface area contributed by atoms with Crippen LogP contribution in [0.15, 0.2) is 44.8 Å². The van der Waals surface area contributed by atoms with Crippen molar-refractivity contribution in [2.24, 2.45) is 0 Å². The molecule has 9 heteroatoms. The van der Waals surface area contributed by atoms with Crippen molar-refractivity contribution < 1.29 is 14.3 Å². The van der Waals surface area contributed by atoms with Crippen molar-refractivity contribution >= 4 is 47.0 Å². The van der Waals surface area contributed by atoms with Gasteiger partial charge < -0.3 is 14.3 Å². The number of benzene rings is 1. The highest BCUT2D eigenvalue weighted by atomic mass is 35.5. The Bertz CT molecular complexity index is 981. The molecule has 2 heterocycles. The molecule has 6 nitrogen and oxygen atoms in total. The van der Waals surface area contributed by atoms with Gasteiger partial charge in [0.25, 0.3) is 0 Å². The molecule has 0 aliphatic heterocycles. The van der Waals surface area contributed by atoms with Gasteiger partial charge in [-0.3, -0.25) is 5.10 Å². The summed E-state index contributed by atoms with van der Waals surface area (Å²) in [7, 11) is 0. The zero-order valence-electron chi connectivity index (χ0n) is 13.5. The molecule has 0 saturated heterocycles. The first-order valence-corrected chi connectivity index (χ1v) is 9.11. The van der Waals surface area contributed by atoms with Crippen LogP contribution in [0.1, 0.15) is 18.5 Å². The summed E-state index contributed by atoms with van der Waals surface area (Å²) in [6.07, 6.45) is 2.02. The van der Waals surface area contributed by atoms with Gasteiger partial charge >= 0.3 is 0 Å². The van der Waals surface area contributed by atoms with E-state index in [9.17, 15) is 9.90 Å². The lowest BCUT2D eigenvalue weighted by Crippen LogP contribution is -2.23. The molecule has 3 aromatic rings. The monoisotopic (exact) mass is 408 g/mol. The van der Waals surface area contributed by atoms with E-state index in [-0.39, 0.29) is 4.91 Å². The lowest BCUT2D eigenvalue weighted by Gasteiger charge is -2.05. The molecule has 0 fully saturated rings. The smallest absolute Gasteiger partial charge is 0.213 e. The zero-order valence-corrected chi connectivity index (χ0v) is 15.8. The maximum atomic E-state index is 11.4. The molecule has 134 valence electrons. The van der Waals surface area contributed by atoms with Crippen LogP contribution in [-0.4, -0.2) is 21.2 Å². The molecule has 0 unspecified atom stereocenters. The molecule has 0 atom stereocenters. The number of aromatic nitrogens is 3. The number of carboxylic acid groups (broad SMARTS) is 1. The van der Waals surface area contributed by atoms with Crippen LogP contribution >= 0.6 is 35.0 Å². The number of hydrogen-bond donors (Lipinski definition) is 1. The third-order valence-corrected chi connectivity index (χ3v) is 5.05. The van der Waals surface area contributed by atoms with Crippen molar-refractivity contribution in [1.29, 1.82) is 0 Å². The Kier molecular flexibility index (Phi) is 5.70. The Hall–Kier alpha value is -2.22. The molecule has 0 amide bonds. The SMILES string of the molecule is CCc1nc(S/C(=C/c2ccc(-c3cccc(Cl)c3Cl)o2)C(=O)[O-])n[nH]1. The first-order chi connectivity index (χ1) is 12.5. The zero-order chi connectivity index (χ0) is 18.7. The second-order valence-corrected chi connectivity index (χ2v) is 6.91. The number of nitrogens with zero attached hydrogens (tertiary/aromatic N) is 2. The number of halogens is 2. The van der Waals surface area contributed by atoms with Crippen molar-refractivity contribution in [2.75, 3.05) is 0 Å². The van der Waals surface area contributed by atoms with Gasteiger partial charge in [0.05, 0.1) is 16.0 Å². The number of carbonyl (C=O) groups is 1. The Morgan fingerprint density at radius 2 is 2.15 bits per heavy atom. The molecule has 3 rings (SSSR count). The summed E-state index contributed by atoms with van der Waals surface area (Å²) in [5, 5.41) is 19.2. The van der Waals surface area contributed by atoms with Gasteiger partial charge in [-0.05, 0) is 42.1 Å². The van der Waals surface area contributed by atoms with E-state index in [4.69, 9.17) is 27.6 Å². The van der Waals surface area contributed by atoms with Gasteiger partial charge in [-0.15, -0.1) is 5.10 Å². The van der Waals surface area contributed by atoms with Crippen LogP contribution in [0.5, 0.6) is 0 Å². The van der Waals surface area contributed by atoms with Crippen molar-refractivity contribution in [3.8, 4) is 11.3 Å². The number of furan rings is 1. The molecular formula is C17H12Cl2N3O3S-. The van der Waals surface area contributed by atoms with E-state index in [1.807, 2.05) is 6.92 Å². The van der Waals surface area contributed by atoms with E-state index in [1.54, 1.807) is 30.3 Å². The average Bonchev–Trinajstić information content (AvgIpc) is 3.26. The van der Waals surface area contributed by atoms with Gasteiger partial charge in [0.2, 0.25) is 5.16 Å². The van der Waals surface area contributed by atoms with E-state index in [0.717, 1.165) is 11.8 Å². The Morgan fingerprint density at radius 1 is 1.35 bits per heavy atom. The summed E-state index contributed by atoms with van der Waals surface area (Å²) >= 11 is 13.1. The van der Waals surface area contributed by atoms with E-state index in [1.165, 1.54) is 6.08 Å². The average molecular weight is 409 g/mol. The number of carboxylic acids is 1. The summed E-state index contributed by atoms with van der Waals surface area (Å²) in [6, 6.07) is 8.49. The highest BCUT2D eigenvalue weighted by Crippen LogP contribution is 2.35. The summed E-state index contributed by atoms with van der Waals surface area (Å²) < 4.78 is 5.68. The Morgan fingerprint density at radius 3 is 2.85 bits per heavy atom. The number of H-pyrrole nitrogens is 1. The molecular weight excluding hydrogens is 397 g/mol. The molecule has 0 saturated carbocycles. The number of aromatic amines is 1. The fraction of sp³-hybridized carbons (Fsp3) is 0.118. The van der Waals surface area contributed by atoms with Crippen molar-refractivity contribution in [2.45, 2.75) is 18.5 Å². The summed E-state index contributed by atoms with van der Waals surface area (Å²) in [6.45, 7) is 1.91. The van der Waals surface area contributed by atoms with Gasteiger partial charge in [-0.2, -0.15) is 0 Å². The van der Waals surface area contributed by atoms with Crippen molar-refractivity contribution in [3.63, 3.8) is 0 Å². The molecule has 0 aliphatic carbocycles. The fourth-order valence-electron chi connectivity index (χ4n) is 2.11. The highest BCUT2D eigenvalue weighted by molar-refractivity contribution is 8.04. The lowest BCUT2D eigenvalue weighted by atomic mass is 10.2. The van der Waals surface area contributed by atoms with Crippen LogP contribution in [0, 0.1) is 0 Å². The van der Waals surface area contributed by atoms with Crippen molar-refractivity contribution in [1.82, 2.24) is 15.2 Å². The molecule has 1 N–H and O–H groups in total. The van der Waals surface area contributed by atoms with Gasteiger partial charge in [-0.25, -0.2) is 4.98 Å². The number of thioether (sulfide) groups is 1. The minimum absolute atomic E-state index is 0.0789. The number of aliphatic carboxylic acids is 1. The fourth-order valence-corrected chi connectivity index (χ4v) is 3.20. The number of aryl methyl sites for hydroxylation is 1. The van der Waals surface area contributed by atoms with E-state index < -0.39 is 5.97 Å². The summed E-state index contributed by atoms with van der Waals surface area (Å²) in [4.78, 5) is 15.5. The molecule has 0 aliphatic rings. The predicted molar refractivity (Wildman–Crippen MR) is 98.8 cm³/mol. The molecule has 0 spiro atoms. The normalized spacial score (nSPS) is 11.7. The summed E-state index contributed by atoms with van der Waals surface area (Å²) in [5.74, 6) is 0.115. The first-order valence-electron chi connectivity index (χ1n) is 7.54. The van der Waals surface area contributed by atoms with E-state index in [0.29, 0.717) is 44.5 Å². The largest absolute Gasteiger partial charge is 0.544 e. The third kappa shape index (κ3) is 4.12. The van der Waals surface area contributed by atoms with Gasteiger partial charge in [0.15, 0.2) is 0 Å². The van der Waals surface area contributed by atoms with Crippen LogP contribution < -0.4 is 5.11 Å². The topological polar surface area (TPSA) is 94.8 Å². The van der Waals surface area contributed by atoms with Gasteiger partial charge in [0, 0.05) is 16.9 Å². The third-order valence-electron chi connectivity index (χ3n) is 3.37. The number of rotatable bonds is 6. The highest BCUT2D eigenvalue weighted by Gasteiger charge is 2.12. The maximum absolute atomic E-state index is 11.4. The molecule has 0 radical (unpaired) electrons. The molecule has 2 aromatic heterocycles. The number of carbonyl (C=O) groups excluding carboxylic acids is 1. The van der Waals surface area contributed by atoms with Crippen LogP contribution in [0.3, 0.4) is 0 Å². The summed E-state index contributed by atoms with van der Waals surface area (Å²) in [5.41, 5.74) is 0.614. The minimum Gasteiger partial charge on any atom is -0.544 e. The second kappa shape index (κ2) is 7.99. The van der Waals surface area contributed by atoms with Gasteiger partial charge in [-0.1, -0.05) is 36.2 Å². The Labute approximate surface area is 163 Å². The van der Waals surface area contributed by atoms with Crippen LogP contribution in [0.4, 0.5) is 0 Å². The maximum Gasteiger partial charge on any atom is 0.213 e. The second-order valence-electron chi connectivity index (χ2n) is 5.12. The van der Waals surface area contributed by atoms with Crippen LogP contribution in [0.2, 0.25) is 10.0 Å². The Balaban J connectivity index is 1.88. The quantitative estimate of drug-likeness (QED) is 0.491. The molecule has 1 aromatic carbocycles. The van der Waals surface area contributed by atoms with Crippen LogP contribution in [-0.2, 0) is 11.2 Å². The standard InChI is InChI=1S/C17H13Cl2N3O3S/c1-2-14-20-17(22-21-14)26-13(16(23)24)8-9-6-7-12(25-9)10-4-3-5-11(18)15(10)19/h3-8H,2H2,1H3,(H,23,24)(H,20,21,22)/p-1/b13-8+. The van der Waals surface area contributed by atoms with Crippen molar-refractivity contribution in [3.05, 3.63) is 56.9 Å². The van der Waals surface area contributed by atoms with E-state index >= 15 is 0 Å². The van der Waals surface area contributed by atoms with Gasteiger partial charge in [0.1, 0.15) is 17.3 Å². The number of hydrogen-bond acceptors (Lipinski definition) is 6. The minimum atomic E-state index is -1.35. The lowest BCUT2D eigenvalue weighted by molar-refractivity contribution is -0.298.